The number of primary amides is 1. The van der Waals surface area contributed by atoms with E-state index in [4.69, 9.17) is 15.2 Å². The van der Waals surface area contributed by atoms with Gasteiger partial charge in [-0.25, -0.2) is 0 Å². The van der Waals surface area contributed by atoms with Crippen molar-refractivity contribution in [2.24, 2.45) is 5.73 Å². The van der Waals surface area contributed by atoms with Crippen LogP contribution in [0.2, 0.25) is 0 Å². The topological polar surface area (TPSA) is 73.6 Å². The maximum atomic E-state index is 11.1. The number of nitrogens with one attached hydrogen (secondary N) is 1. The van der Waals surface area contributed by atoms with Crippen LogP contribution in [0.5, 0.6) is 11.5 Å². The number of ether oxygens (including phenoxy) is 2. The Morgan fingerprint density at radius 1 is 1.57 bits per heavy atom. The van der Waals surface area contributed by atoms with Crippen LogP contribution in [0.3, 0.4) is 0 Å². The lowest BCUT2D eigenvalue weighted by Crippen LogP contribution is -2.39. The van der Waals surface area contributed by atoms with Crippen molar-refractivity contribution in [2.45, 2.75) is 51.9 Å². The van der Waals surface area contributed by atoms with Crippen molar-refractivity contribution in [3.63, 3.8) is 0 Å². The van der Waals surface area contributed by atoms with Crippen molar-refractivity contribution >= 4 is 5.91 Å². The van der Waals surface area contributed by atoms with Gasteiger partial charge < -0.3 is 20.5 Å². The molecule has 21 heavy (non-hydrogen) atoms. The molecule has 1 aliphatic heterocycles. The SMILES string of the molecule is CCNC1CC(C)(C)Oc2cc(OC(C)C(N)=O)ccc21. The average molecular weight is 292 g/mol. The van der Waals surface area contributed by atoms with E-state index in [0.29, 0.717) is 5.75 Å². The van der Waals surface area contributed by atoms with Gasteiger partial charge in [-0.1, -0.05) is 13.0 Å². The van der Waals surface area contributed by atoms with Crippen LogP contribution >= 0.6 is 0 Å². The quantitative estimate of drug-likeness (QED) is 0.872. The maximum Gasteiger partial charge on any atom is 0.258 e. The number of amides is 1. The third kappa shape index (κ3) is 3.67. The Balaban J connectivity index is 2.27. The summed E-state index contributed by atoms with van der Waals surface area (Å²) in [5.74, 6) is 0.902. The molecule has 1 heterocycles. The zero-order valence-corrected chi connectivity index (χ0v) is 13.1. The first-order valence-electron chi connectivity index (χ1n) is 7.34. The normalized spacial score (nSPS) is 21.0. The minimum Gasteiger partial charge on any atom is -0.487 e. The fourth-order valence-corrected chi connectivity index (χ4v) is 2.60. The monoisotopic (exact) mass is 292 g/mol. The fourth-order valence-electron chi connectivity index (χ4n) is 2.60. The second-order valence-electron chi connectivity index (χ2n) is 6.04. The molecule has 1 aromatic rings. The zero-order valence-electron chi connectivity index (χ0n) is 13.1. The maximum absolute atomic E-state index is 11.1. The van der Waals surface area contributed by atoms with Crippen LogP contribution in [-0.2, 0) is 4.79 Å². The van der Waals surface area contributed by atoms with Crippen molar-refractivity contribution in [2.75, 3.05) is 6.54 Å². The van der Waals surface area contributed by atoms with Gasteiger partial charge in [-0.3, -0.25) is 4.79 Å². The summed E-state index contributed by atoms with van der Waals surface area (Å²) in [4.78, 5) is 11.1. The van der Waals surface area contributed by atoms with E-state index in [9.17, 15) is 4.79 Å². The fraction of sp³-hybridized carbons (Fsp3) is 0.562. The van der Waals surface area contributed by atoms with E-state index in [1.165, 1.54) is 0 Å². The minimum atomic E-state index is -0.663. The van der Waals surface area contributed by atoms with Crippen LogP contribution in [0.1, 0.15) is 45.7 Å². The van der Waals surface area contributed by atoms with Gasteiger partial charge in [0.25, 0.3) is 5.91 Å². The molecule has 2 atom stereocenters. The molecule has 1 aromatic carbocycles. The van der Waals surface area contributed by atoms with Gasteiger partial charge in [-0.05, 0) is 33.4 Å². The highest BCUT2D eigenvalue weighted by Gasteiger charge is 2.33. The molecule has 0 radical (unpaired) electrons. The Hall–Kier alpha value is -1.75. The number of hydrogen-bond donors (Lipinski definition) is 2. The van der Waals surface area contributed by atoms with E-state index in [1.54, 1.807) is 6.92 Å². The van der Waals surface area contributed by atoms with Gasteiger partial charge in [0.15, 0.2) is 6.10 Å². The first-order chi connectivity index (χ1) is 9.82. The Kier molecular flexibility index (Phi) is 4.42. The first kappa shape index (κ1) is 15.6. The summed E-state index contributed by atoms with van der Waals surface area (Å²) in [5, 5.41) is 3.48. The van der Waals surface area contributed by atoms with Gasteiger partial charge in [0.1, 0.15) is 17.1 Å². The van der Waals surface area contributed by atoms with E-state index >= 15 is 0 Å². The van der Waals surface area contributed by atoms with Crippen LogP contribution in [-0.4, -0.2) is 24.2 Å². The molecule has 0 fully saturated rings. The summed E-state index contributed by atoms with van der Waals surface area (Å²) in [6.07, 6.45) is 0.246. The molecule has 0 bridgehead atoms. The van der Waals surface area contributed by atoms with Crippen LogP contribution in [0.4, 0.5) is 0 Å². The van der Waals surface area contributed by atoms with Crippen molar-refractivity contribution < 1.29 is 14.3 Å². The summed E-state index contributed by atoms with van der Waals surface area (Å²) in [7, 11) is 0. The second-order valence-corrected chi connectivity index (χ2v) is 6.04. The van der Waals surface area contributed by atoms with Crippen molar-refractivity contribution in [3.8, 4) is 11.5 Å². The van der Waals surface area contributed by atoms with Gasteiger partial charge in [0.05, 0.1) is 0 Å². The van der Waals surface area contributed by atoms with E-state index in [2.05, 4.69) is 26.1 Å². The Bertz CT molecular complexity index is 528. The molecular weight excluding hydrogens is 268 g/mol. The molecule has 0 spiro atoms. The minimum absolute atomic E-state index is 0.242. The van der Waals surface area contributed by atoms with Gasteiger partial charge in [-0.15, -0.1) is 0 Å². The Morgan fingerprint density at radius 3 is 2.90 bits per heavy atom. The highest BCUT2D eigenvalue weighted by molar-refractivity contribution is 5.78. The number of carbonyl (C=O) groups excluding carboxylic acids is 1. The molecule has 1 aliphatic rings. The molecule has 2 rings (SSSR count). The molecular formula is C16H24N2O3. The van der Waals surface area contributed by atoms with Crippen molar-refractivity contribution in [1.29, 1.82) is 0 Å². The number of benzene rings is 1. The lowest BCUT2D eigenvalue weighted by molar-refractivity contribution is -0.124. The standard InChI is InChI=1S/C16H24N2O3/c1-5-18-13-9-16(3,4)21-14-8-11(6-7-12(13)14)20-10(2)15(17)19/h6-8,10,13,18H,5,9H2,1-4H3,(H2,17,19). The molecule has 0 aliphatic carbocycles. The van der Waals surface area contributed by atoms with Crippen LogP contribution in [0.25, 0.3) is 0 Å². The lowest BCUT2D eigenvalue weighted by atomic mass is 9.89. The number of fused-ring (bicyclic) bond motifs is 1. The molecule has 116 valence electrons. The van der Waals surface area contributed by atoms with Gasteiger partial charge in [0.2, 0.25) is 0 Å². The number of carbonyl (C=O) groups is 1. The van der Waals surface area contributed by atoms with Gasteiger partial charge in [0, 0.05) is 24.1 Å². The van der Waals surface area contributed by atoms with E-state index in [0.717, 1.165) is 24.3 Å². The number of rotatable bonds is 5. The predicted molar refractivity (Wildman–Crippen MR) is 81.5 cm³/mol. The number of nitrogens with two attached hydrogens (primary N) is 1. The number of hydrogen-bond acceptors (Lipinski definition) is 4. The first-order valence-corrected chi connectivity index (χ1v) is 7.34. The van der Waals surface area contributed by atoms with Crippen LogP contribution < -0.4 is 20.5 Å². The summed E-state index contributed by atoms with van der Waals surface area (Å²) >= 11 is 0. The Morgan fingerprint density at radius 2 is 2.29 bits per heavy atom. The second kappa shape index (κ2) is 5.93. The van der Waals surface area contributed by atoms with Crippen LogP contribution in [0.15, 0.2) is 18.2 Å². The van der Waals surface area contributed by atoms with Gasteiger partial charge >= 0.3 is 0 Å². The average Bonchev–Trinajstić information content (AvgIpc) is 2.37. The zero-order chi connectivity index (χ0) is 15.6. The lowest BCUT2D eigenvalue weighted by Gasteiger charge is -2.38. The molecule has 5 heteroatoms. The molecule has 0 aromatic heterocycles. The molecule has 0 saturated heterocycles. The van der Waals surface area contributed by atoms with Crippen molar-refractivity contribution in [3.05, 3.63) is 23.8 Å². The highest BCUT2D eigenvalue weighted by Crippen LogP contribution is 2.41. The van der Waals surface area contributed by atoms with E-state index in [-0.39, 0.29) is 11.6 Å². The van der Waals surface area contributed by atoms with E-state index < -0.39 is 12.0 Å². The largest absolute Gasteiger partial charge is 0.487 e. The predicted octanol–water partition coefficient (Wildman–Crippen LogP) is 2.15. The third-order valence-electron chi connectivity index (χ3n) is 3.61. The molecule has 0 saturated carbocycles. The van der Waals surface area contributed by atoms with Gasteiger partial charge in [-0.2, -0.15) is 0 Å². The summed E-state index contributed by atoms with van der Waals surface area (Å²) < 4.78 is 11.6. The molecule has 2 unspecified atom stereocenters. The third-order valence-corrected chi connectivity index (χ3v) is 3.61. The van der Waals surface area contributed by atoms with Crippen molar-refractivity contribution in [1.82, 2.24) is 5.32 Å². The molecule has 3 N–H and O–H groups in total. The molecule has 1 amide bonds. The summed E-state index contributed by atoms with van der Waals surface area (Å²) in [6.45, 7) is 8.76. The summed E-state index contributed by atoms with van der Waals surface area (Å²) in [5.41, 5.74) is 6.10. The van der Waals surface area contributed by atoms with Crippen LogP contribution in [0, 0.1) is 0 Å². The smallest absolute Gasteiger partial charge is 0.258 e. The summed E-state index contributed by atoms with van der Waals surface area (Å²) in [6, 6.07) is 5.93. The molecule has 5 nitrogen and oxygen atoms in total. The van der Waals surface area contributed by atoms with E-state index in [1.807, 2.05) is 18.2 Å². The Labute approximate surface area is 125 Å². The highest BCUT2D eigenvalue weighted by atomic mass is 16.5.